The summed E-state index contributed by atoms with van der Waals surface area (Å²) in [5, 5.41) is 0. The summed E-state index contributed by atoms with van der Waals surface area (Å²) in [6.45, 7) is 5.98. The van der Waals surface area contributed by atoms with Crippen LogP contribution in [0.3, 0.4) is 0 Å². The minimum atomic E-state index is -0.339. The molecule has 2 N–H and O–H groups in total. The van der Waals surface area contributed by atoms with Gasteiger partial charge in [0.05, 0.1) is 5.92 Å². The summed E-state index contributed by atoms with van der Waals surface area (Å²) in [6.07, 6.45) is 3.54. The van der Waals surface area contributed by atoms with Crippen molar-refractivity contribution in [3.63, 3.8) is 0 Å². The molecule has 0 aromatic heterocycles. The Labute approximate surface area is 108 Å². The average molecular weight is 253 g/mol. The van der Waals surface area contributed by atoms with E-state index < -0.39 is 0 Å². The normalized spacial score (nSPS) is 26.8. The molecule has 0 aromatic rings. The molecule has 5 heteroatoms. The topological polar surface area (TPSA) is 66.6 Å². The maximum atomic E-state index is 11.9. The van der Waals surface area contributed by atoms with Crippen LogP contribution in [0.25, 0.3) is 0 Å². The molecule has 5 nitrogen and oxygen atoms in total. The van der Waals surface area contributed by atoms with Gasteiger partial charge < -0.3 is 15.5 Å². The third kappa shape index (κ3) is 2.83. The van der Waals surface area contributed by atoms with Crippen molar-refractivity contribution >= 4 is 11.8 Å². The van der Waals surface area contributed by atoms with Gasteiger partial charge in [-0.05, 0) is 25.8 Å². The summed E-state index contributed by atoms with van der Waals surface area (Å²) >= 11 is 0. The maximum absolute atomic E-state index is 11.9. The molecule has 0 aromatic carbocycles. The monoisotopic (exact) mass is 253 g/mol. The van der Waals surface area contributed by atoms with Gasteiger partial charge >= 0.3 is 0 Å². The van der Waals surface area contributed by atoms with E-state index in [0.29, 0.717) is 19.0 Å². The minimum Gasteiger partial charge on any atom is -0.369 e. The van der Waals surface area contributed by atoms with Crippen molar-refractivity contribution in [3.8, 4) is 0 Å². The highest BCUT2D eigenvalue weighted by Crippen LogP contribution is 2.25. The first kappa shape index (κ1) is 13.3. The molecule has 2 rings (SSSR count). The summed E-state index contributed by atoms with van der Waals surface area (Å²) < 4.78 is 0. The van der Waals surface area contributed by atoms with E-state index in [2.05, 4.69) is 11.8 Å². The van der Waals surface area contributed by atoms with Gasteiger partial charge in [0.25, 0.3) is 0 Å². The molecule has 18 heavy (non-hydrogen) atoms. The van der Waals surface area contributed by atoms with E-state index in [-0.39, 0.29) is 17.7 Å². The Bertz CT molecular complexity index is 324. The van der Waals surface area contributed by atoms with Crippen LogP contribution in [-0.2, 0) is 9.59 Å². The van der Waals surface area contributed by atoms with Gasteiger partial charge in [0.1, 0.15) is 0 Å². The first-order valence-corrected chi connectivity index (χ1v) is 6.93. The molecule has 2 heterocycles. The third-order valence-electron chi connectivity index (χ3n) is 4.10. The summed E-state index contributed by atoms with van der Waals surface area (Å²) in [5.74, 6) is -0.506. The Morgan fingerprint density at radius 1 is 1.39 bits per heavy atom. The van der Waals surface area contributed by atoms with Crippen LogP contribution in [0.5, 0.6) is 0 Å². The van der Waals surface area contributed by atoms with Crippen molar-refractivity contribution in [1.29, 1.82) is 0 Å². The molecule has 2 amide bonds. The van der Waals surface area contributed by atoms with Crippen LogP contribution in [0.15, 0.2) is 0 Å². The number of primary amides is 1. The molecule has 0 aliphatic carbocycles. The Balaban J connectivity index is 1.86. The third-order valence-corrected chi connectivity index (χ3v) is 4.10. The maximum Gasteiger partial charge on any atom is 0.223 e. The molecular formula is C13H23N3O2. The summed E-state index contributed by atoms with van der Waals surface area (Å²) in [4.78, 5) is 27.4. The van der Waals surface area contributed by atoms with Crippen LogP contribution in [0.1, 0.15) is 32.6 Å². The van der Waals surface area contributed by atoms with Crippen LogP contribution < -0.4 is 5.73 Å². The molecule has 102 valence electrons. The number of nitrogens with zero attached hydrogens (tertiary/aromatic N) is 2. The van der Waals surface area contributed by atoms with Crippen molar-refractivity contribution in [2.45, 2.75) is 38.6 Å². The SMILES string of the molecule is CCCN1CCC(N2CC(C(N)=O)CC2=O)CC1. The molecule has 0 bridgehead atoms. The van der Waals surface area contributed by atoms with Crippen LogP contribution in [-0.4, -0.2) is 53.8 Å². The van der Waals surface area contributed by atoms with Crippen molar-refractivity contribution < 1.29 is 9.59 Å². The number of rotatable bonds is 4. The fourth-order valence-electron chi connectivity index (χ4n) is 3.05. The molecule has 1 atom stereocenters. The second-order valence-electron chi connectivity index (χ2n) is 5.42. The molecule has 0 spiro atoms. The van der Waals surface area contributed by atoms with Gasteiger partial charge in [0, 0.05) is 32.1 Å². The standard InChI is InChI=1S/C13H23N3O2/c1-2-5-15-6-3-11(4-7-15)16-9-10(13(14)18)8-12(16)17/h10-11H,2-9H2,1H3,(H2,14,18). The lowest BCUT2D eigenvalue weighted by atomic mass is 10.0. The summed E-state index contributed by atoms with van der Waals surface area (Å²) in [5.41, 5.74) is 5.29. The second-order valence-corrected chi connectivity index (χ2v) is 5.42. The second kappa shape index (κ2) is 5.69. The molecule has 2 saturated heterocycles. The summed E-state index contributed by atoms with van der Waals surface area (Å²) in [7, 11) is 0. The largest absolute Gasteiger partial charge is 0.369 e. The molecular weight excluding hydrogens is 230 g/mol. The number of carbonyl (C=O) groups excluding carboxylic acids is 2. The van der Waals surface area contributed by atoms with Crippen molar-refractivity contribution in [3.05, 3.63) is 0 Å². The predicted molar refractivity (Wildman–Crippen MR) is 68.8 cm³/mol. The highest BCUT2D eigenvalue weighted by atomic mass is 16.2. The van der Waals surface area contributed by atoms with E-state index in [0.717, 1.165) is 32.5 Å². The Hall–Kier alpha value is -1.10. The van der Waals surface area contributed by atoms with Crippen molar-refractivity contribution in [1.82, 2.24) is 9.80 Å². The molecule has 2 aliphatic heterocycles. The number of hydrogen-bond acceptors (Lipinski definition) is 3. The first-order valence-electron chi connectivity index (χ1n) is 6.93. The van der Waals surface area contributed by atoms with E-state index in [4.69, 9.17) is 5.73 Å². The van der Waals surface area contributed by atoms with Crippen LogP contribution in [0.4, 0.5) is 0 Å². The zero-order valence-electron chi connectivity index (χ0n) is 11.1. The quantitative estimate of drug-likeness (QED) is 0.778. The number of carbonyl (C=O) groups is 2. The number of nitrogens with two attached hydrogens (primary N) is 1. The van der Waals surface area contributed by atoms with Crippen molar-refractivity contribution in [2.75, 3.05) is 26.2 Å². The predicted octanol–water partition coefficient (Wildman–Crippen LogP) is 0.195. The molecule has 1 unspecified atom stereocenters. The number of hydrogen-bond donors (Lipinski definition) is 1. The van der Waals surface area contributed by atoms with E-state index in [1.807, 2.05) is 4.90 Å². The summed E-state index contributed by atoms with van der Waals surface area (Å²) in [6, 6.07) is 0.315. The number of likely N-dealkylation sites (tertiary alicyclic amines) is 2. The van der Waals surface area contributed by atoms with Crippen LogP contribution in [0.2, 0.25) is 0 Å². The Kier molecular flexibility index (Phi) is 4.22. The van der Waals surface area contributed by atoms with Gasteiger partial charge in [0.15, 0.2) is 0 Å². The zero-order chi connectivity index (χ0) is 13.1. The van der Waals surface area contributed by atoms with Gasteiger partial charge in [-0.3, -0.25) is 9.59 Å². The molecule has 0 radical (unpaired) electrons. The van der Waals surface area contributed by atoms with Gasteiger partial charge in [-0.15, -0.1) is 0 Å². The van der Waals surface area contributed by atoms with Gasteiger partial charge in [-0.1, -0.05) is 6.92 Å². The highest BCUT2D eigenvalue weighted by Gasteiger charge is 2.37. The molecule has 0 saturated carbocycles. The Morgan fingerprint density at radius 3 is 2.56 bits per heavy atom. The molecule has 2 fully saturated rings. The lowest BCUT2D eigenvalue weighted by Gasteiger charge is -2.36. The highest BCUT2D eigenvalue weighted by molar-refractivity contribution is 5.88. The smallest absolute Gasteiger partial charge is 0.223 e. The number of piperidine rings is 1. The zero-order valence-corrected chi connectivity index (χ0v) is 11.1. The van der Waals surface area contributed by atoms with Crippen LogP contribution in [0, 0.1) is 5.92 Å². The lowest BCUT2D eigenvalue weighted by molar-refractivity contribution is -0.130. The van der Waals surface area contributed by atoms with E-state index in [9.17, 15) is 9.59 Å². The fraction of sp³-hybridized carbons (Fsp3) is 0.846. The van der Waals surface area contributed by atoms with Gasteiger partial charge in [-0.25, -0.2) is 0 Å². The van der Waals surface area contributed by atoms with E-state index >= 15 is 0 Å². The minimum absolute atomic E-state index is 0.104. The van der Waals surface area contributed by atoms with Crippen molar-refractivity contribution in [2.24, 2.45) is 11.7 Å². The molecule has 2 aliphatic rings. The van der Waals surface area contributed by atoms with Gasteiger partial charge in [-0.2, -0.15) is 0 Å². The fourth-order valence-corrected chi connectivity index (χ4v) is 3.05. The number of amides is 2. The van der Waals surface area contributed by atoms with Gasteiger partial charge in [0.2, 0.25) is 11.8 Å². The first-order chi connectivity index (χ1) is 8.61. The van der Waals surface area contributed by atoms with E-state index in [1.54, 1.807) is 0 Å². The van der Waals surface area contributed by atoms with Crippen LogP contribution >= 0.6 is 0 Å². The lowest BCUT2D eigenvalue weighted by Crippen LogP contribution is -2.46. The average Bonchev–Trinajstić information content (AvgIpc) is 2.73. The Morgan fingerprint density at radius 2 is 2.06 bits per heavy atom. The van der Waals surface area contributed by atoms with E-state index in [1.165, 1.54) is 6.42 Å².